The van der Waals surface area contributed by atoms with Gasteiger partial charge in [0.25, 0.3) is 0 Å². The van der Waals surface area contributed by atoms with Crippen molar-refractivity contribution in [2.75, 3.05) is 0 Å². The molecule has 0 saturated carbocycles. The Hall–Kier alpha value is -1.42. The summed E-state index contributed by atoms with van der Waals surface area (Å²) in [4.78, 5) is 7.80. The fraction of sp³-hybridized carbons (Fsp3) is 0.385. The molecule has 2 rings (SSSR count). The van der Waals surface area contributed by atoms with Crippen molar-refractivity contribution in [2.45, 2.75) is 33.1 Å². The molecule has 3 nitrogen and oxygen atoms in total. The number of furan rings is 1. The molecule has 0 saturated heterocycles. The molecule has 0 amide bonds. The van der Waals surface area contributed by atoms with Crippen LogP contribution in [0.2, 0.25) is 0 Å². The zero-order valence-corrected chi connectivity index (χ0v) is 11.3. The lowest BCUT2D eigenvalue weighted by Gasteiger charge is -2.19. The first-order valence-electron chi connectivity index (χ1n) is 5.53. The number of hydrogen-bond acceptors (Lipinski definition) is 3. The quantitative estimate of drug-likeness (QED) is 0.775. The summed E-state index contributed by atoms with van der Waals surface area (Å²) in [5.41, 5.74) is 2.92. The Kier molecular flexibility index (Phi) is 2.91. The highest BCUT2D eigenvalue weighted by Gasteiger charge is 2.18. The predicted octanol–water partition coefficient (Wildman–Crippen LogP) is 4.01. The van der Waals surface area contributed by atoms with Gasteiger partial charge in [-0.15, -0.1) is 0 Å². The molecule has 0 aromatic carbocycles. The first-order chi connectivity index (χ1) is 7.89. The Morgan fingerprint density at radius 3 is 2.59 bits per heavy atom. The Balaban J connectivity index is 2.68. The molecule has 0 spiro atoms. The summed E-state index contributed by atoms with van der Waals surface area (Å²) >= 11 is 5.31. The average Bonchev–Trinajstić information content (AvgIpc) is 2.73. The lowest BCUT2D eigenvalue weighted by Crippen LogP contribution is -2.17. The number of aromatic amines is 1. The molecule has 0 fully saturated rings. The molecular weight excluding hydrogens is 232 g/mol. The van der Waals surface area contributed by atoms with Gasteiger partial charge in [0.05, 0.1) is 18.2 Å². The first kappa shape index (κ1) is 12.0. The number of aromatic nitrogens is 2. The second-order valence-electron chi connectivity index (χ2n) is 5.15. The number of H-pyrrole nitrogens is 1. The van der Waals surface area contributed by atoms with Gasteiger partial charge < -0.3 is 9.40 Å². The molecule has 0 unspecified atom stereocenters. The third kappa shape index (κ3) is 2.31. The van der Waals surface area contributed by atoms with Crippen LogP contribution in [-0.2, 0) is 5.41 Å². The molecule has 2 aromatic rings. The van der Waals surface area contributed by atoms with E-state index in [1.807, 2.05) is 13.0 Å². The van der Waals surface area contributed by atoms with Crippen LogP contribution < -0.4 is 0 Å². The Morgan fingerprint density at radius 2 is 2.06 bits per heavy atom. The van der Waals surface area contributed by atoms with E-state index >= 15 is 0 Å². The number of rotatable bonds is 1. The highest BCUT2D eigenvalue weighted by Crippen LogP contribution is 2.26. The normalized spacial score (nSPS) is 11.8. The maximum Gasteiger partial charge on any atom is 0.133 e. The number of nitrogens with one attached hydrogen (secondary N) is 1. The molecule has 17 heavy (non-hydrogen) atoms. The molecule has 0 aliphatic rings. The average molecular weight is 248 g/mol. The van der Waals surface area contributed by atoms with E-state index < -0.39 is 0 Å². The van der Waals surface area contributed by atoms with Crippen LogP contribution in [0.5, 0.6) is 0 Å². The third-order valence-corrected chi connectivity index (χ3v) is 3.07. The van der Waals surface area contributed by atoms with E-state index in [9.17, 15) is 0 Å². The smallest absolute Gasteiger partial charge is 0.133 e. The van der Waals surface area contributed by atoms with Gasteiger partial charge >= 0.3 is 0 Å². The van der Waals surface area contributed by atoms with Crippen LogP contribution >= 0.6 is 12.2 Å². The van der Waals surface area contributed by atoms with Crippen LogP contribution in [0.1, 0.15) is 32.2 Å². The number of nitrogens with zero attached hydrogens (tertiary/aromatic N) is 1. The van der Waals surface area contributed by atoms with Crippen molar-refractivity contribution in [3.8, 4) is 11.3 Å². The van der Waals surface area contributed by atoms with Crippen molar-refractivity contribution in [3.63, 3.8) is 0 Å². The lowest BCUT2D eigenvalue weighted by atomic mass is 9.95. The lowest BCUT2D eigenvalue weighted by molar-refractivity contribution is 0.544. The zero-order valence-electron chi connectivity index (χ0n) is 10.5. The molecular formula is C13H16N2OS. The first-order valence-corrected chi connectivity index (χ1v) is 5.94. The van der Waals surface area contributed by atoms with Gasteiger partial charge in [0.15, 0.2) is 0 Å². The van der Waals surface area contributed by atoms with Crippen molar-refractivity contribution in [1.82, 2.24) is 9.97 Å². The fourth-order valence-electron chi connectivity index (χ4n) is 1.58. The summed E-state index contributed by atoms with van der Waals surface area (Å²) in [5, 5.41) is 0. The zero-order chi connectivity index (χ0) is 12.6. The Bertz CT molecular complexity index is 576. The van der Waals surface area contributed by atoms with Crippen molar-refractivity contribution in [1.29, 1.82) is 0 Å². The maximum absolute atomic E-state index is 5.31. The molecule has 90 valence electrons. The van der Waals surface area contributed by atoms with Crippen molar-refractivity contribution in [3.05, 3.63) is 34.6 Å². The van der Waals surface area contributed by atoms with Crippen LogP contribution in [0, 0.1) is 11.6 Å². The summed E-state index contributed by atoms with van der Waals surface area (Å²) in [6.45, 7) is 8.29. The van der Waals surface area contributed by atoms with Gasteiger partial charge in [0.2, 0.25) is 0 Å². The van der Waals surface area contributed by atoms with E-state index in [2.05, 4.69) is 30.7 Å². The van der Waals surface area contributed by atoms with Crippen LogP contribution in [0.3, 0.4) is 0 Å². The largest absolute Gasteiger partial charge is 0.472 e. The predicted molar refractivity (Wildman–Crippen MR) is 70.6 cm³/mol. The van der Waals surface area contributed by atoms with Crippen LogP contribution in [0.4, 0.5) is 0 Å². The standard InChI is InChI=1S/C13H16N2OS/c1-8-10(9-5-6-16-7-9)14-12(13(2,3)4)15-11(8)17/h5-7H,1-4H3,(H,14,15,17). The second kappa shape index (κ2) is 4.11. The Labute approximate surface area is 106 Å². The summed E-state index contributed by atoms with van der Waals surface area (Å²) in [7, 11) is 0. The van der Waals surface area contributed by atoms with Crippen molar-refractivity contribution in [2.24, 2.45) is 0 Å². The molecule has 0 atom stereocenters. The van der Waals surface area contributed by atoms with Gasteiger partial charge in [0.1, 0.15) is 10.5 Å². The van der Waals surface area contributed by atoms with E-state index in [-0.39, 0.29) is 5.41 Å². The Morgan fingerprint density at radius 1 is 1.35 bits per heavy atom. The van der Waals surface area contributed by atoms with Gasteiger partial charge in [-0.2, -0.15) is 0 Å². The van der Waals surface area contributed by atoms with Crippen LogP contribution in [0.15, 0.2) is 23.0 Å². The summed E-state index contributed by atoms with van der Waals surface area (Å²) < 4.78 is 5.76. The van der Waals surface area contributed by atoms with Crippen molar-refractivity contribution < 1.29 is 4.42 Å². The third-order valence-electron chi connectivity index (χ3n) is 2.67. The molecule has 0 bridgehead atoms. The van der Waals surface area contributed by atoms with Gasteiger partial charge in [-0.3, -0.25) is 0 Å². The van der Waals surface area contributed by atoms with Gasteiger partial charge in [0, 0.05) is 16.5 Å². The molecule has 1 N–H and O–H groups in total. The highest BCUT2D eigenvalue weighted by molar-refractivity contribution is 7.71. The minimum Gasteiger partial charge on any atom is -0.472 e. The maximum atomic E-state index is 5.31. The van der Waals surface area contributed by atoms with Gasteiger partial charge in [-0.1, -0.05) is 33.0 Å². The summed E-state index contributed by atoms with van der Waals surface area (Å²) in [6.07, 6.45) is 3.36. The molecule has 0 aliphatic heterocycles. The van der Waals surface area contributed by atoms with Crippen molar-refractivity contribution >= 4 is 12.2 Å². The van der Waals surface area contributed by atoms with E-state index in [0.29, 0.717) is 4.64 Å². The van der Waals surface area contributed by atoms with E-state index in [0.717, 1.165) is 22.6 Å². The summed E-state index contributed by atoms with van der Waals surface area (Å²) in [6, 6.07) is 1.92. The topological polar surface area (TPSA) is 41.8 Å². The highest BCUT2D eigenvalue weighted by atomic mass is 32.1. The van der Waals surface area contributed by atoms with E-state index in [4.69, 9.17) is 16.6 Å². The molecule has 0 aliphatic carbocycles. The van der Waals surface area contributed by atoms with E-state index in [1.54, 1.807) is 12.5 Å². The van der Waals surface area contributed by atoms with Crippen LogP contribution in [0.25, 0.3) is 11.3 Å². The van der Waals surface area contributed by atoms with Crippen LogP contribution in [-0.4, -0.2) is 9.97 Å². The van der Waals surface area contributed by atoms with Gasteiger partial charge in [-0.05, 0) is 13.0 Å². The summed E-state index contributed by atoms with van der Waals surface area (Å²) in [5.74, 6) is 0.893. The monoisotopic (exact) mass is 248 g/mol. The van der Waals surface area contributed by atoms with Gasteiger partial charge in [-0.25, -0.2) is 4.98 Å². The second-order valence-corrected chi connectivity index (χ2v) is 5.54. The van der Waals surface area contributed by atoms with E-state index in [1.165, 1.54) is 0 Å². The fourth-order valence-corrected chi connectivity index (χ4v) is 1.78. The molecule has 2 aromatic heterocycles. The molecule has 4 heteroatoms. The molecule has 2 heterocycles. The minimum atomic E-state index is -0.0558. The SMILES string of the molecule is Cc1c(-c2ccoc2)[nH]c(C(C)(C)C)nc1=S. The minimum absolute atomic E-state index is 0.0558. The number of hydrogen-bond donors (Lipinski definition) is 1. The molecule has 0 radical (unpaired) electrons.